The fourth-order valence-electron chi connectivity index (χ4n) is 1.22. The molecule has 0 bridgehead atoms. The SMILES string of the molecule is CCCCCC(C)NC(=O)OC(C)C. The topological polar surface area (TPSA) is 38.3 Å². The Bertz CT molecular complexity index is 157. The van der Waals surface area contributed by atoms with Crippen LogP contribution in [0.5, 0.6) is 0 Å². The van der Waals surface area contributed by atoms with Crippen molar-refractivity contribution in [1.82, 2.24) is 5.32 Å². The lowest BCUT2D eigenvalue weighted by Crippen LogP contribution is -2.34. The normalized spacial score (nSPS) is 12.6. The molecule has 0 aliphatic carbocycles. The predicted octanol–water partition coefficient (Wildman–Crippen LogP) is 3.09. The van der Waals surface area contributed by atoms with Gasteiger partial charge in [0.25, 0.3) is 0 Å². The molecule has 14 heavy (non-hydrogen) atoms. The molecule has 0 heterocycles. The van der Waals surface area contributed by atoms with E-state index < -0.39 is 0 Å². The zero-order valence-electron chi connectivity index (χ0n) is 9.80. The van der Waals surface area contributed by atoms with E-state index in [2.05, 4.69) is 12.2 Å². The van der Waals surface area contributed by atoms with Gasteiger partial charge < -0.3 is 10.1 Å². The first kappa shape index (κ1) is 13.3. The van der Waals surface area contributed by atoms with Crippen molar-refractivity contribution in [2.45, 2.75) is 65.5 Å². The van der Waals surface area contributed by atoms with Crippen LogP contribution in [0.2, 0.25) is 0 Å². The van der Waals surface area contributed by atoms with Gasteiger partial charge in [-0.05, 0) is 27.2 Å². The van der Waals surface area contributed by atoms with Crippen molar-refractivity contribution in [3.63, 3.8) is 0 Å². The number of nitrogens with one attached hydrogen (secondary N) is 1. The fourth-order valence-corrected chi connectivity index (χ4v) is 1.22. The molecule has 1 amide bonds. The maximum absolute atomic E-state index is 11.2. The molecular weight excluding hydrogens is 178 g/mol. The Morgan fingerprint density at radius 3 is 2.43 bits per heavy atom. The van der Waals surface area contributed by atoms with Crippen LogP contribution in [-0.2, 0) is 4.74 Å². The third-order valence-corrected chi connectivity index (χ3v) is 1.95. The van der Waals surface area contributed by atoms with Crippen molar-refractivity contribution in [2.24, 2.45) is 0 Å². The highest BCUT2D eigenvalue weighted by molar-refractivity contribution is 5.67. The number of unbranched alkanes of at least 4 members (excludes halogenated alkanes) is 2. The van der Waals surface area contributed by atoms with Crippen molar-refractivity contribution < 1.29 is 9.53 Å². The Kier molecular flexibility index (Phi) is 7.25. The van der Waals surface area contributed by atoms with Crippen molar-refractivity contribution >= 4 is 6.09 Å². The molecule has 3 nitrogen and oxygen atoms in total. The Labute approximate surface area is 87.2 Å². The van der Waals surface area contributed by atoms with Gasteiger partial charge in [-0.1, -0.05) is 26.2 Å². The standard InChI is InChI=1S/C11H23NO2/c1-5-6-7-8-10(4)12-11(13)14-9(2)3/h9-10H,5-8H2,1-4H3,(H,12,13). The zero-order chi connectivity index (χ0) is 11.0. The van der Waals surface area contributed by atoms with E-state index in [1.807, 2.05) is 20.8 Å². The molecule has 1 unspecified atom stereocenters. The average molecular weight is 201 g/mol. The Hall–Kier alpha value is -0.730. The van der Waals surface area contributed by atoms with E-state index in [4.69, 9.17) is 4.74 Å². The smallest absolute Gasteiger partial charge is 0.407 e. The second-order valence-electron chi connectivity index (χ2n) is 4.00. The van der Waals surface area contributed by atoms with Crippen molar-refractivity contribution in [3.8, 4) is 0 Å². The van der Waals surface area contributed by atoms with Crippen LogP contribution in [0.15, 0.2) is 0 Å². The van der Waals surface area contributed by atoms with Crippen LogP contribution in [0.4, 0.5) is 4.79 Å². The van der Waals surface area contributed by atoms with Gasteiger partial charge in [0.2, 0.25) is 0 Å². The van der Waals surface area contributed by atoms with E-state index in [1.165, 1.54) is 19.3 Å². The first-order valence-electron chi connectivity index (χ1n) is 5.53. The van der Waals surface area contributed by atoms with E-state index in [-0.39, 0.29) is 18.2 Å². The molecule has 1 N–H and O–H groups in total. The number of alkyl carbamates (subject to hydrolysis) is 1. The van der Waals surface area contributed by atoms with E-state index in [0.29, 0.717) is 0 Å². The van der Waals surface area contributed by atoms with Gasteiger partial charge in [-0.15, -0.1) is 0 Å². The highest BCUT2D eigenvalue weighted by atomic mass is 16.6. The van der Waals surface area contributed by atoms with E-state index >= 15 is 0 Å². The number of carbonyl (C=O) groups excluding carboxylic acids is 1. The van der Waals surface area contributed by atoms with Crippen LogP contribution >= 0.6 is 0 Å². The minimum Gasteiger partial charge on any atom is -0.447 e. The minimum atomic E-state index is -0.302. The Morgan fingerprint density at radius 1 is 1.29 bits per heavy atom. The van der Waals surface area contributed by atoms with Gasteiger partial charge in [0.1, 0.15) is 0 Å². The second-order valence-corrected chi connectivity index (χ2v) is 4.00. The summed E-state index contributed by atoms with van der Waals surface area (Å²) in [5.41, 5.74) is 0. The van der Waals surface area contributed by atoms with Crippen LogP contribution in [0.3, 0.4) is 0 Å². The quantitative estimate of drug-likeness (QED) is 0.671. The van der Waals surface area contributed by atoms with E-state index in [1.54, 1.807) is 0 Å². The summed E-state index contributed by atoms with van der Waals surface area (Å²) in [4.78, 5) is 11.2. The number of hydrogen-bond acceptors (Lipinski definition) is 2. The summed E-state index contributed by atoms with van der Waals surface area (Å²) in [5, 5.41) is 2.81. The molecule has 84 valence electrons. The molecule has 0 fully saturated rings. The van der Waals surface area contributed by atoms with Gasteiger partial charge in [-0.2, -0.15) is 0 Å². The fraction of sp³-hybridized carbons (Fsp3) is 0.909. The molecule has 0 aliphatic rings. The van der Waals surface area contributed by atoms with Crippen molar-refractivity contribution in [1.29, 1.82) is 0 Å². The molecule has 0 aromatic heterocycles. The van der Waals surface area contributed by atoms with Crippen LogP contribution in [-0.4, -0.2) is 18.2 Å². The molecule has 0 aliphatic heterocycles. The monoisotopic (exact) mass is 201 g/mol. The summed E-state index contributed by atoms with van der Waals surface area (Å²) in [6.45, 7) is 7.88. The zero-order valence-corrected chi connectivity index (χ0v) is 9.80. The van der Waals surface area contributed by atoms with E-state index in [9.17, 15) is 4.79 Å². The molecule has 0 saturated carbocycles. The second kappa shape index (κ2) is 7.65. The Morgan fingerprint density at radius 2 is 1.93 bits per heavy atom. The summed E-state index contributed by atoms with van der Waals surface area (Å²) in [5.74, 6) is 0. The maximum atomic E-state index is 11.2. The average Bonchev–Trinajstić information content (AvgIpc) is 2.02. The van der Waals surface area contributed by atoms with Gasteiger partial charge in [-0.25, -0.2) is 4.79 Å². The molecular formula is C11H23NO2. The highest BCUT2D eigenvalue weighted by Crippen LogP contribution is 2.03. The lowest BCUT2D eigenvalue weighted by atomic mass is 10.1. The van der Waals surface area contributed by atoms with E-state index in [0.717, 1.165) is 6.42 Å². The first-order valence-corrected chi connectivity index (χ1v) is 5.53. The summed E-state index contributed by atoms with van der Waals surface area (Å²) in [6, 6.07) is 0.216. The van der Waals surface area contributed by atoms with Gasteiger partial charge in [0.05, 0.1) is 6.10 Å². The molecule has 1 atom stereocenters. The number of hydrogen-bond donors (Lipinski definition) is 1. The predicted molar refractivity (Wildman–Crippen MR) is 58.4 cm³/mol. The molecule has 3 heteroatoms. The summed E-state index contributed by atoms with van der Waals surface area (Å²) < 4.78 is 4.98. The summed E-state index contributed by atoms with van der Waals surface area (Å²) in [6.07, 6.45) is 4.29. The molecule has 0 aromatic rings. The molecule has 0 aromatic carbocycles. The van der Waals surface area contributed by atoms with Crippen LogP contribution in [0.1, 0.15) is 53.4 Å². The van der Waals surface area contributed by atoms with Crippen LogP contribution in [0.25, 0.3) is 0 Å². The summed E-state index contributed by atoms with van der Waals surface area (Å²) >= 11 is 0. The number of carbonyl (C=O) groups is 1. The van der Waals surface area contributed by atoms with Gasteiger partial charge in [-0.3, -0.25) is 0 Å². The highest BCUT2D eigenvalue weighted by Gasteiger charge is 2.08. The van der Waals surface area contributed by atoms with Crippen LogP contribution in [0, 0.1) is 0 Å². The maximum Gasteiger partial charge on any atom is 0.407 e. The lowest BCUT2D eigenvalue weighted by molar-refractivity contribution is 0.112. The number of ether oxygens (including phenoxy) is 1. The molecule has 0 saturated heterocycles. The van der Waals surface area contributed by atoms with Crippen molar-refractivity contribution in [3.05, 3.63) is 0 Å². The van der Waals surface area contributed by atoms with Gasteiger partial charge >= 0.3 is 6.09 Å². The molecule has 0 radical (unpaired) electrons. The molecule has 0 spiro atoms. The number of rotatable bonds is 6. The van der Waals surface area contributed by atoms with Gasteiger partial charge in [0, 0.05) is 6.04 Å². The minimum absolute atomic E-state index is 0.0437. The third-order valence-electron chi connectivity index (χ3n) is 1.95. The largest absolute Gasteiger partial charge is 0.447 e. The molecule has 0 rings (SSSR count). The van der Waals surface area contributed by atoms with Crippen molar-refractivity contribution in [2.75, 3.05) is 0 Å². The van der Waals surface area contributed by atoms with Crippen LogP contribution < -0.4 is 5.32 Å². The lowest BCUT2D eigenvalue weighted by Gasteiger charge is -2.15. The first-order chi connectivity index (χ1) is 6.56. The summed E-state index contributed by atoms with van der Waals surface area (Å²) in [7, 11) is 0. The third kappa shape index (κ3) is 7.90. The Balaban J connectivity index is 3.50. The number of amides is 1. The van der Waals surface area contributed by atoms with Gasteiger partial charge in [0.15, 0.2) is 0 Å².